The number of carbonyl (C=O) groups is 2. The number of hydrogen-bond donors (Lipinski definition) is 2. The standard InChI is InChI=1S/C8H14N2O2/c1-6(2)5-10-8(12)4-3-7(9)11/h5H,3-4H2,1-2H3,(H2,9,11)(H,10,12). The molecule has 12 heavy (non-hydrogen) atoms. The molecule has 2 amide bonds. The van der Waals surface area contributed by atoms with Crippen molar-refractivity contribution in [3.8, 4) is 0 Å². The van der Waals surface area contributed by atoms with Crippen LogP contribution in [0.4, 0.5) is 0 Å². The van der Waals surface area contributed by atoms with Crippen molar-refractivity contribution in [1.29, 1.82) is 0 Å². The summed E-state index contributed by atoms with van der Waals surface area (Å²) in [5.74, 6) is -0.641. The highest BCUT2D eigenvalue weighted by molar-refractivity contribution is 5.83. The zero-order chi connectivity index (χ0) is 9.56. The molecule has 0 aliphatic heterocycles. The lowest BCUT2D eigenvalue weighted by Crippen LogP contribution is -2.20. The number of nitrogens with two attached hydrogens (primary N) is 1. The van der Waals surface area contributed by atoms with Crippen molar-refractivity contribution >= 4 is 11.8 Å². The van der Waals surface area contributed by atoms with Gasteiger partial charge >= 0.3 is 0 Å². The van der Waals surface area contributed by atoms with Crippen LogP contribution in [0.25, 0.3) is 0 Å². The number of nitrogens with one attached hydrogen (secondary N) is 1. The monoisotopic (exact) mass is 170 g/mol. The smallest absolute Gasteiger partial charge is 0.224 e. The lowest BCUT2D eigenvalue weighted by atomic mass is 10.3. The average molecular weight is 170 g/mol. The minimum Gasteiger partial charge on any atom is -0.370 e. The van der Waals surface area contributed by atoms with Gasteiger partial charge in [-0.15, -0.1) is 0 Å². The first kappa shape index (κ1) is 10.7. The topological polar surface area (TPSA) is 72.2 Å². The van der Waals surface area contributed by atoms with Crippen LogP contribution in [0.3, 0.4) is 0 Å². The third-order valence-electron chi connectivity index (χ3n) is 1.12. The summed E-state index contributed by atoms with van der Waals surface area (Å²) in [5, 5.41) is 2.53. The lowest BCUT2D eigenvalue weighted by Gasteiger charge is -1.97. The van der Waals surface area contributed by atoms with Crippen molar-refractivity contribution in [3.63, 3.8) is 0 Å². The van der Waals surface area contributed by atoms with Gasteiger partial charge in [-0.25, -0.2) is 0 Å². The van der Waals surface area contributed by atoms with E-state index in [0.29, 0.717) is 0 Å². The van der Waals surface area contributed by atoms with Gasteiger partial charge in [0.05, 0.1) is 0 Å². The number of amides is 2. The van der Waals surface area contributed by atoms with Gasteiger partial charge in [0, 0.05) is 19.0 Å². The number of hydrogen-bond acceptors (Lipinski definition) is 2. The van der Waals surface area contributed by atoms with Crippen molar-refractivity contribution < 1.29 is 9.59 Å². The molecule has 0 bridgehead atoms. The SMILES string of the molecule is CC(C)=CNC(=O)CCC(N)=O. The van der Waals surface area contributed by atoms with E-state index >= 15 is 0 Å². The van der Waals surface area contributed by atoms with Crippen LogP contribution in [0.2, 0.25) is 0 Å². The fourth-order valence-corrected chi connectivity index (χ4v) is 0.534. The summed E-state index contributed by atoms with van der Waals surface area (Å²) in [6, 6.07) is 0. The summed E-state index contributed by atoms with van der Waals surface area (Å²) in [6.07, 6.45) is 1.85. The van der Waals surface area contributed by atoms with E-state index in [2.05, 4.69) is 5.32 Å². The Morgan fingerprint density at radius 1 is 1.33 bits per heavy atom. The van der Waals surface area contributed by atoms with E-state index in [0.717, 1.165) is 5.57 Å². The van der Waals surface area contributed by atoms with Crippen LogP contribution in [0, 0.1) is 0 Å². The van der Waals surface area contributed by atoms with Gasteiger partial charge in [-0.3, -0.25) is 9.59 Å². The zero-order valence-electron chi connectivity index (χ0n) is 7.39. The second-order valence-corrected chi connectivity index (χ2v) is 2.76. The molecule has 0 saturated heterocycles. The molecule has 0 radical (unpaired) electrons. The largest absolute Gasteiger partial charge is 0.370 e. The minimum atomic E-state index is -0.456. The lowest BCUT2D eigenvalue weighted by molar-refractivity contribution is -0.124. The summed E-state index contributed by atoms with van der Waals surface area (Å²) >= 11 is 0. The predicted octanol–water partition coefficient (Wildman–Crippen LogP) is 0.292. The predicted molar refractivity (Wildman–Crippen MR) is 46.0 cm³/mol. The Labute approximate surface area is 71.8 Å². The number of rotatable bonds is 4. The first-order valence-corrected chi connectivity index (χ1v) is 3.73. The van der Waals surface area contributed by atoms with Gasteiger partial charge in [-0.1, -0.05) is 5.57 Å². The molecular formula is C8H14N2O2. The van der Waals surface area contributed by atoms with E-state index in [4.69, 9.17) is 5.73 Å². The van der Waals surface area contributed by atoms with E-state index in [-0.39, 0.29) is 18.7 Å². The highest BCUT2D eigenvalue weighted by Gasteiger charge is 2.00. The van der Waals surface area contributed by atoms with E-state index in [1.165, 1.54) is 0 Å². The molecule has 0 unspecified atom stereocenters. The highest BCUT2D eigenvalue weighted by atomic mass is 16.2. The first-order valence-electron chi connectivity index (χ1n) is 3.73. The quantitative estimate of drug-likeness (QED) is 0.636. The second kappa shape index (κ2) is 5.35. The summed E-state index contributed by atoms with van der Waals surface area (Å²) in [4.78, 5) is 21.2. The van der Waals surface area contributed by atoms with Gasteiger partial charge in [-0.2, -0.15) is 0 Å². The Balaban J connectivity index is 3.61. The molecule has 0 aliphatic rings. The van der Waals surface area contributed by atoms with Crippen LogP contribution < -0.4 is 11.1 Å². The summed E-state index contributed by atoms with van der Waals surface area (Å²) in [7, 11) is 0. The molecule has 0 aliphatic carbocycles. The molecule has 0 heterocycles. The van der Waals surface area contributed by atoms with Crippen molar-refractivity contribution in [3.05, 3.63) is 11.8 Å². The van der Waals surface area contributed by atoms with Crippen LogP contribution >= 0.6 is 0 Å². The molecule has 0 saturated carbocycles. The van der Waals surface area contributed by atoms with Crippen molar-refractivity contribution in [1.82, 2.24) is 5.32 Å². The van der Waals surface area contributed by atoms with E-state index in [9.17, 15) is 9.59 Å². The van der Waals surface area contributed by atoms with Gasteiger partial charge < -0.3 is 11.1 Å². The van der Waals surface area contributed by atoms with Gasteiger partial charge in [0.2, 0.25) is 11.8 Å². The van der Waals surface area contributed by atoms with E-state index in [1.54, 1.807) is 6.20 Å². The molecule has 0 rings (SSSR count). The van der Waals surface area contributed by atoms with E-state index in [1.807, 2.05) is 13.8 Å². The Morgan fingerprint density at radius 3 is 2.33 bits per heavy atom. The van der Waals surface area contributed by atoms with Crippen LogP contribution in [0.5, 0.6) is 0 Å². The molecule has 0 spiro atoms. The van der Waals surface area contributed by atoms with Crippen LogP contribution in [0.1, 0.15) is 26.7 Å². The van der Waals surface area contributed by atoms with E-state index < -0.39 is 5.91 Å². The molecule has 4 nitrogen and oxygen atoms in total. The Bertz CT molecular complexity index is 205. The molecule has 0 aromatic heterocycles. The molecule has 0 aromatic carbocycles. The van der Waals surface area contributed by atoms with Gasteiger partial charge in [-0.05, 0) is 13.8 Å². The van der Waals surface area contributed by atoms with Gasteiger partial charge in [0.15, 0.2) is 0 Å². The van der Waals surface area contributed by atoms with Crippen molar-refractivity contribution in [2.45, 2.75) is 26.7 Å². The molecule has 0 atom stereocenters. The van der Waals surface area contributed by atoms with Crippen LogP contribution in [0.15, 0.2) is 11.8 Å². The molecule has 68 valence electrons. The molecule has 4 heteroatoms. The number of primary amides is 1. The summed E-state index contributed by atoms with van der Waals surface area (Å²) < 4.78 is 0. The molecule has 3 N–H and O–H groups in total. The normalized spacial score (nSPS) is 8.83. The highest BCUT2D eigenvalue weighted by Crippen LogP contribution is 1.89. The third-order valence-corrected chi connectivity index (χ3v) is 1.12. The average Bonchev–Trinajstić information content (AvgIpc) is 1.96. The summed E-state index contributed by atoms with van der Waals surface area (Å²) in [5.41, 5.74) is 5.86. The van der Waals surface area contributed by atoms with Crippen molar-refractivity contribution in [2.75, 3.05) is 0 Å². The second-order valence-electron chi connectivity index (χ2n) is 2.76. The molecule has 0 fully saturated rings. The minimum absolute atomic E-state index is 0.0996. The third kappa shape index (κ3) is 6.80. The molecule has 0 aromatic rings. The maximum atomic E-state index is 10.9. The van der Waals surface area contributed by atoms with Gasteiger partial charge in [0.1, 0.15) is 0 Å². The van der Waals surface area contributed by atoms with Crippen molar-refractivity contribution in [2.24, 2.45) is 5.73 Å². The Kier molecular flexibility index (Phi) is 4.76. The number of allylic oxidation sites excluding steroid dienone is 1. The maximum Gasteiger partial charge on any atom is 0.224 e. The Hall–Kier alpha value is -1.32. The van der Waals surface area contributed by atoms with Crippen LogP contribution in [-0.2, 0) is 9.59 Å². The zero-order valence-corrected chi connectivity index (χ0v) is 7.39. The summed E-state index contributed by atoms with van der Waals surface area (Å²) in [6.45, 7) is 3.74. The maximum absolute atomic E-state index is 10.9. The van der Waals surface area contributed by atoms with Crippen LogP contribution in [-0.4, -0.2) is 11.8 Å². The first-order chi connectivity index (χ1) is 5.52. The van der Waals surface area contributed by atoms with Gasteiger partial charge in [0.25, 0.3) is 0 Å². The molecular weight excluding hydrogens is 156 g/mol. The Morgan fingerprint density at radius 2 is 1.92 bits per heavy atom. The fraction of sp³-hybridized carbons (Fsp3) is 0.500. The fourth-order valence-electron chi connectivity index (χ4n) is 0.534. The number of carbonyl (C=O) groups excluding carboxylic acids is 2.